The number of hydrogen-bond donors (Lipinski definition) is 0. The van der Waals surface area contributed by atoms with Crippen LogP contribution in [-0.4, -0.2) is 0 Å². The molecule has 0 aromatic heterocycles. The third-order valence-electron chi connectivity index (χ3n) is 13.5. The largest absolute Gasteiger partial charge is 0.310 e. The molecule has 0 bridgehead atoms. The van der Waals surface area contributed by atoms with Gasteiger partial charge in [0.25, 0.3) is 0 Å². The minimum Gasteiger partial charge on any atom is -0.310 e. The quantitative estimate of drug-likeness (QED) is 0.160. The maximum Gasteiger partial charge on any atom is 0.0540 e. The van der Waals surface area contributed by atoms with Gasteiger partial charge in [-0.1, -0.05) is 141 Å². The molecule has 0 fully saturated rings. The van der Waals surface area contributed by atoms with Gasteiger partial charge in [0.05, 0.1) is 5.69 Å². The van der Waals surface area contributed by atoms with Gasteiger partial charge in [0.2, 0.25) is 0 Å². The zero-order chi connectivity index (χ0) is 38.8. The van der Waals surface area contributed by atoms with Crippen molar-refractivity contribution in [1.29, 1.82) is 0 Å². The van der Waals surface area contributed by atoms with Crippen LogP contribution in [0.3, 0.4) is 0 Å². The number of nitrogens with zero attached hydrogens (tertiary/aromatic N) is 2. The Morgan fingerprint density at radius 2 is 0.828 bits per heavy atom. The second kappa shape index (κ2) is 13.5. The highest BCUT2D eigenvalue weighted by atomic mass is 15.1. The molecule has 0 unspecified atom stereocenters. The summed E-state index contributed by atoms with van der Waals surface area (Å²) in [6.45, 7) is 4.75. The van der Waals surface area contributed by atoms with Crippen molar-refractivity contribution in [1.82, 2.24) is 0 Å². The summed E-state index contributed by atoms with van der Waals surface area (Å²) >= 11 is 0. The van der Waals surface area contributed by atoms with Gasteiger partial charge in [-0.05, 0) is 142 Å². The molecule has 0 N–H and O–H groups in total. The zero-order valence-corrected chi connectivity index (χ0v) is 33.2. The van der Waals surface area contributed by atoms with Gasteiger partial charge in [0.15, 0.2) is 0 Å². The fraction of sp³-hybridized carbons (Fsp3) is 0.143. The number of benzene rings is 8. The summed E-state index contributed by atoms with van der Waals surface area (Å²) in [5, 5.41) is 0. The van der Waals surface area contributed by atoms with Crippen LogP contribution in [-0.2, 0) is 23.7 Å². The van der Waals surface area contributed by atoms with Gasteiger partial charge in [-0.25, -0.2) is 0 Å². The predicted molar refractivity (Wildman–Crippen MR) is 243 cm³/mol. The Morgan fingerprint density at radius 3 is 1.47 bits per heavy atom. The number of fused-ring (bicyclic) bond motifs is 7. The summed E-state index contributed by atoms with van der Waals surface area (Å²) in [6.07, 6.45) is 4.44. The molecule has 0 heterocycles. The number of rotatable bonds is 7. The molecule has 58 heavy (non-hydrogen) atoms. The molecule has 3 aliphatic rings. The average Bonchev–Trinajstić information content (AvgIpc) is 3.91. The summed E-state index contributed by atoms with van der Waals surface area (Å²) in [4.78, 5) is 4.95. The standard InChI is InChI=1S/C56H46N2/c1-55(2)50-24-14-12-23-48(50)49-31-30-45(38-53(49)55)57(42-18-8-4-9-19-42)44-28-26-40-32-34-56(51(40)36-44)35-33-41-27-29-46(37-52(41)56)58(43-20-10-5-11-21-43)54-25-15-13-22-47(54)39-16-6-3-7-17-39/h3-31,36-38H,32-35H2,1-2H3/t56-/m1/s1. The van der Waals surface area contributed by atoms with Crippen LogP contribution in [0.5, 0.6) is 0 Å². The van der Waals surface area contributed by atoms with Crippen molar-refractivity contribution in [3.8, 4) is 22.3 Å². The van der Waals surface area contributed by atoms with Crippen molar-refractivity contribution in [2.24, 2.45) is 0 Å². The van der Waals surface area contributed by atoms with Gasteiger partial charge < -0.3 is 9.80 Å². The molecule has 2 nitrogen and oxygen atoms in total. The van der Waals surface area contributed by atoms with Gasteiger partial charge in [-0.15, -0.1) is 0 Å². The monoisotopic (exact) mass is 746 g/mol. The van der Waals surface area contributed by atoms with Crippen molar-refractivity contribution in [3.63, 3.8) is 0 Å². The molecule has 1 atom stereocenters. The Bertz CT molecular complexity index is 2820. The Kier molecular flexibility index (Phi) is 8.05. The molecule has 2 heteroatoms. The third-order valence-corrected chi connectivity index (χ3v) is 13.5. The smallest absolute Gasteiger partial charge is 0.0540 e. The molecule has 0 aliphatic heterocycles. The van der Waals surface area contributed by atoms with E-state index in [1.54, 1.807) is 0 Å². The Labute approximate surface area is 342 Å². The SMILES string of the molecule is CC1(C)c2ccccc2-c2ccc(N(c3ccccc3)c3ccc4c(c3)[C@@]3(CC4)CCc4ccc(N(c5ccccc5)c5ccccc5-c5ccccc5)cc43)cc21. The number of aryl methyl sites for hydroxylation is 2. The van der Waals surface area contributed by atoms with Crippen LogP contribution in [0.15, 0.2) is 194 Å². The van der Waals surface area contributed by atoms with E-state index in [-0.39, 0.29) is 10.8 Å². The van der Waals surface area contributed by atoms with Crippen LogP contribution < -0.4 is 9.80 Å². The zero-order valence-electron chi connectivity index (χ0n) is 33.2. The second-order valence-electron chi connectivity index (χ2n) is 16.9. The van der Waals surface area contributed by atoms with Gasteiger partial charge in [-0.2, -0.15) is 0 Å². The molecule has 3 aliphatic carbocycles. The highest BCUT2D eigenvalue weighted by Crippen LogP contribution is 2.56. The van der Waals surface area contributed by atoms with Crippen LogP contribution in [0.4, 0.5) is 34.1 Å². The van der Waals surface area contributed by atoms with Gasteiger partial charge in [0.1, 0.15) is 0 Å². The van der Waals surface area contributed by atoms with Crippen molar-refractivity contribution < 1.29 is 0 Å². The lowest BCUT2D eigenvalue weighted by molar-refractivity contribution is 0.507. The molecule has 0 saturated carbocycles. The first-order valence-corrected chi connectivity index (χ1v) is 20.9. The Hall–Kier alpha value is -6.64. The highest BCUT2D eigenvalue weighted by molar-refractivity contribution is 5.89. The molecule has 8 aromatic rings. The van der Waals surface area contributed by atoms with E-state index in [2.05, 4.69) is 218 Å². The van der Waals surface area contributed by atoms with Gasteiger partial charge in [-0.3, -0.25) is 0 Å². The number of anilines is 6. The van der Waals surface area contributed by atoms with Gasteiger partial charge >= 0.3 is 0 Å². The van der Waals surface area contributed by atoms with Crippen LogP contribution >= 0.6 is 0 Å². The Morgan fingerprint density at radius 1 is 0.362 bits per heavy atom. The van der Waals surface area contributed by atoms with E-state index in [4.69, 9.17) is 0 Å². The highest BCUT2D eigenvalue weighted by Gasteiger charge is 2.45. The summed E-state index contributed by atoms with van der Waals surface area (Å²) < 4.78 is 0. The summed E-state index contributed by atoms with van der Waals surface area (Å²) in [7, 11) is 0. The average molecular weight is 747 g/mol. The van der Waals surface area contributed by atoms with Crippen molar-refractivity contribution in [2.45, 2.75) is 50.4 Å². The van der Waals surface area contributed by atoms with Crippen LogP contribution in [0.1, 0.15) is 60.1 Å². The minimum absolute atomic E-state index is 0.0398. The molecular formula is C56H46N2. The fourth-order valence-electron chi connectivity index (χ4n) is 10.6. The van der Waals surface area contributed by atoms with Crippen LogP contribution in [0.2, 0.25) is 0 Å². The third kappa shape index (κ3) is 5.39. The van der Waals surface area contributed by atoms with E-state index in [9.17, 15) is 0 Å². The molecule has 0 amide bonds. The maximum absolute atomic E-state index is 2.55. The van der Waals surface area contributed by atoms with Crippen LogP contribution in [0.25, 0.3) is 22.3 Å². The first-order valence-electron chi connectivity index (χ1n) is 20.9. The molecule has 280 valence electrons. The lowest BCUT2D eigenvalue weighted by Crippen LogP contribution is -2.22. The number of para-hydroxylation sites is 3. The minimum atomic E-state index is -0.0766. The van der Waals surface area contributed by atoms with Crippen molar-refractivity contribution >= 4 is 34.1 Å². The normalized spacial score (nSPS) is 16.7. The first-order chi connectivity index (χ1) is 28.5. The molecule has 8 aromatic carbocycles. The maximum atomic E-state index is 2.55. The van der Waals surface area contributed by atoms with E-state index >= 15 is 0 Å². The molecule has 11 rings (SSSR count). The number of hydrogen-bond acceptors (Lipinski definition) is 2. The van der Waals surface area contributed by atoms with E-state index in [0.717, 1.165) is 31.4 Å². The van der Waals surface area contributed by atoms with E-state index in [1.807, 2.05) is 0 Å². The molecular weight excluding hydrogens is 701 g/mol. The summed E-state index contributed by atoms with van der Waals surface area (Å²) in [5.74, 6) is 0. The lowest BCUT2D eigenvalue weighted by atomic mass is 9.76. The van der Waals surface area contributed by atoms with Crippen molar-refractivity contribution in [2.75, 3.05) is 9.80 Å². The molecule has 0 saturated heterocycles. The first kappa shape index (κ1) is 34.6. The topological polar surface area (TPSA) is 6.48 Å². The summed E-state index contributed by atoms with van der Waals surface area (Å²) in [6, 6.07) is 72.2. The molecule has 1 spiro atoms. The van der Waals surface area contributed by atoms with E-state index in [1.165, 1.54) is 84.1 Å². The van der Waals surface area contributed by atoms with E-state index in [0.29, 0.717) is 0 Å². The predicted octanol–water partition coefficient (Wildman–Crippen LogP) is 14.8. The fourth-order valence-corrected chi connectivity index (χ4v) is 10.6. The Balaban J connectivity index is 1.04. The second-order valence-corrected chi connectivity index (χ2v) is 16.9. The van der Waals surface area contributed by atoms with E-state index < -0.39 is 0 Å². The van der Waals surface area contributed by atoms with Gasteiger partial charge in [0, 0.05) is 44.8 Å². The van der Waals surface area contributed by atoms with Crippen molar-refractivity contribution in [3.05, 3.63) is 228 Å². The lowest BCUT2D eigenvalue weighted by Gasteiger charge is -2.32. The molecule has 0 radical (unpaired) electrons. The summed E-state index contributed by atoms with van der Waals surface area (Å²) in [5.41, 5.74) is 20.9. The van der Waals surface area contributed by atoms with Crippen LogP contribution in [0, 0.1) is 0 Å².